The van der Waals surface area contributed by atoms with E-state index in [1.807, 2.05) is 60.7 Å². The van der Waals surface area contributed by atoms with E-state index in [0.717, 1.165) is 55.5 Å². The molecule has 0 radical (unpaired) electrons. The van der Waals surface area contributed by atoms with Gasteiger partial charge in [0.15, 0.2) is 0 Å². The summed E-state index contributed by atoms with van der Waals surface area (Å²) in [6.45, 7) is 6.67. The van der Waals surface area contributed by atoms with E-state index in [9.17, 15) is 15.3 Å². The van der Waals surface area contributed by atoms with Crippen LogP contribution in [0.2, 0.25) is 0 Å². The molecule has 1 unspecified atom stereocenters. The molecular formula is C44H38O8. The van der Waals surface area contributed by atoms with Crippen LogP contribution in [-0.2, 0) is 4.74 Å². The van der Waals surface area contributed by atoms with E-state index in [1.54, 1.807) is 61.5 Å². The van der Waals surface area contributed by atoms with E-state index in [4.69, 9.17) is 23.7 Å². The third-order valence-corrected chi connectivity index (χ3v) is 8.78. The Morgan fingerprint density at radius 1 is 0.635 bits per heavy atom. The molecule has 6 aromatic rings. The topological polar surface area (TPSA) is 107 Å². The number of aliphatic hydroxyl groups excluding tert-OH is 1. The number of fused-ring (bicyclic) bond motifs is 6. The maximum absolute atomic E-state index is 10.2. The zero-order valence-corrected chi connectivity index (χ0v) is 28.6. The second kappa shape index (κ2) is 15.1. The Kier molecular flexibility index (Phi) is 9.88. The summed E-state index contributed by atoms with van der Waals surface area (Å²) in [6.07, 6.45) is 4.78. The number of hydrogen-bond donors (Lipinski definition) is 3. The van der Waals surface area contributed by atoms with Crippen LogP contribution >= 0.6 is 0 Å². The molecule has 1 heterocycles. The van der Waals surface area contributed by atoms with Crippen LogP contribution in [0.5, 0.6) is 40.2 Å². The minimum absolute atomic E-state index is 0.178. The number of ether oxygens (including phenoxy) is 5. The predicted molar refractivity (Wildman–Crippen MR) is 202 cm³/mol. The molecule has 6 aromatic carbocycles. The van der Waals surface area contributed by atoms with Gasteiger partial charge < -0.3 is 39.0 Å². The third-order valence-electron chi connectivity index (χ3n) is 8.78. The quantitative estimate of drug-likeness (QED) is 0.0622. The molecule has 52 heavy (non-hydrogen) atoms. The second-order valence-electron chi connectivity index (χ2n) is 12.3. The van der Waals surface area contributed by atoms with Crippen molar-refractivity contribution in [3.63, 3.8) is 0 Å². The van der Waals surface area contributed by atoms with E-state index in [-0.39, 0.29) is 23.2 Å². The Hall–Kier alpha value is -6.54. The zero-order valence-electron chi connectivity index (χ0n) is 28.6. The second-order valence-corrected chi connectivity index (χ2v) is 12.3. The van der Waals surface area contributed by atoms with Crippen molar-refractivity contribution in [1.29, 1.82) is 0 Å². The summed E-state index contributed by atoms with van der Waals surface area (Å²) in [5, 5.41) is 33.2. The molecule has 262 valence electrons. The maximum Gasteiger partial charge on any atom is 0.132 e. The number of aromatic hydroxyl groups is 2. The van der Waals surface area contributed by atoms with Crippen LogP contribution in [0.1, 0.15) is 29.5 Å². The largest absolute Gasteiger partial charge is 0.513 e. The summed E-state index contributed by atoms with van der Waals surface area (Å²) in [5.41, 5.74) is 3.07. The third kappa shape index (κ3) is 7.46. The van der Waals surface area contributed by atoms with Crippen molar-refractivity contribution in [2.45, 2.75) is 12.8 Å². The molecule has 1 aliphatic rings. The fourth-order valence-electron chi connectivity index (χ4n) is 6.40. The van der Waals surface area contributed by atoms with Crippen LogP contribution < -0.4 is 18.9 Å². The summed E-state index contributed by atoms with van der Waals surface area (Å²) in [7, 11) is 0. The van der Waals surface area contributed by atoms with Crippen LogP contribution in [0.3, 0.4) is 0 Å². The van der Waals surface area contributed by atoms with Crippen molar-refractivity contribution in [3.05, 3.63) is 162 Å². The minimum atomic E-state index is -0.196. The van der Waals surface area contributed by atoms with Crippen LogP contribution in [0.25, 0.3) is 21.5 Å². The van der Waals surface area contributed by atoms with Gasteiger partial charge in [-0.1, -0.05) is 43.0 Å². The lowest BCUT2D eigenvalue weighted by atomic mass is 9.78. The van der Waals surface area contributed by atoms with E-state index in [1.165, 1.54) is 0 Å². The number of phenols is 2. The van der Waals surface area contributed by atoms with Gasteiger partial charge in [0.2, 0.25) is 0 Å². The van der Waals surface area contributed by atoms with Crippen LogP contribution in [0.15, 0.2) is 146 Å². The lowest BCUT2D eigenvalue weighted by Crippen LogP contribution is -2.13. The van der Waals surface area contributed by atoms with Gasteiger partial charge in [0.05, 0.1) is 5.76 Å². The minimum Gasteiger partial charge on any atom is -0.513 e. The first-order valence-corrected chi connectivity index (χ1v) is 17.0. The summed E-state index contributed by atoms with van der Waals surface area (Å²) in [5.74, 6) is 4.53. The fraction of sp³-hybridized carbons (Fsp3) is 0.136. The first-order valence-electron chi connectivity index (χ1n) is 17.0. The smallest absolute Gasteiger partial charge is 0.132 e. The van der Waals surface area contributed by atoms with Crippen molar-refractivity contribution >= 4 is 21.5 Å². The number of rotatable bonds is 13. The SMILES string of the molecule is C=C/C(=C\C=C(/C)O)OCCOc1ccc2c3c(ccc2c1)Oc1ccc2cc(OCCOc4ccc(O)cc4)ccc2c1C3c1ccc(O)cc1. The average molecular weight is 695 g/mol. The molecule has 7 rings (SSSR count). The molecule has 0 saturated carbocycles. The number of phenolic OH excluding ortho intramolecular Hbond substituents is 2. The van der Waals surface area contributed by atoms with Crippen molar-refractivity contribution in [3.8, 4) is 40.2 Å². The maximum atomic E-state index is 10.2. The molecule has 0 bridgehead atoms. The number of allylic oxidation sites excluding steroid dienone is 4. The van der Waals surface area contributed by atoms with Gasteiger partial charge in [0.25, 0.3) is 0 Å². The summed E-state index contributed by atoms with van der Waals surface area (Å²) < 4.78 is 30.2. The number of aliphatic hydroxyl groups is 1. The van der Waals surface area contributed by atoms with E-state index >= 15 is 0 Å². The Morgan fingerprint density at radius 3 is 1.67 bits per heavy atom. The molecule has 0 fully saturated rings. The average Bonchev–Trinajstić information content (AvgIpc) is 3.16. The lowest BCUT2D eigenvalue weighted by molar-refractivity contribution is 0.164. The van der Waals surface area contributed by atoms with Gasteiger partial charge in [0, 0.05) is 17.0 Å². The van der Waals surface area contributed by atoms with Crippen molar-refractivity contribution in [2.75, 3.05) is 26.4 Å². The molecular weight excluding hydrogens is 656 g/mol. The van der Waals surface area contributed by atoms with Crippen LogP contribution in [0, 0.1) is 0 Å². The zero-order chi connectivity index (χ0) is 36.0. The highest BCUT2D eigenvalue weighted by Crippen LogP contribution is 2.52. The van der Waals surface area contributed by atoms with Gasteiger partial charge in [0.1, 0.15) is 72.4 Å². The van der Waals surface area contributed by atoms with E-state index in [0.29, 0.717) is 43.7 Å². The first-order chi connectivity index (χ1) is 25.4. The van der Waals surface area contributed by atoms with E-state index < -0.39 is 0 Å². The first kappa shape index (κ1) is 33.9. The molecule has 0 saturated heterocycles. The van der Waals surface area contributed by atoms with Crippen molar-refractivity contribution in [2.24, 2.45) is 0 Å². The molecule has 0 spiro atoms. The van der Waals surface area contributed by atoms with E-state index in [2.05, 4.69) is 18.7 Å². The Balaban J connectivity index is 1.16. The monoisotopic (exact) mass is 694 g/mol. The van der Waals surface area contributed by atoms with Gasteiger partial charge in [-0.05, 0) is 125 Å². The van der Waals surface area contributed by atoms with Gasteiger partial charge in [-0.2, -0.15) is 0 Å². The summed E-state index contributed by atoms with van der Waals surface area (Å²) >= 11 is 0. The number of benzene rings is 6. The Morgan fingerprint density at radius 2 is 1.13 bits per heavy atom. The van der Waals surface area contributed by atoms with Crippen LogP contribution in [-0.4, -0.2) is 41.7 Å². The molecule has 0 amide bonds. The molecule has 1 atom stereocenters. The molecule has 1 aliphatic heterocycles. The molecule has 3 N–H and O–H groups in total. The highest BCUT2D eigenvalue weighted by atomic mass is 16.5. The van der Waals surface area contributed by atoms with Gasteiger partial charge in [-0.3, -0.25) is 0 Å². The Bertz CT molecular complexity index is 2280. The predicted octanol–water partition coefficient (Wildman–Crippen LogP) is 10.1. The lowest BCUT2D eigenvalue weighted by Gasteiger charge is -2.31. The highest BCUT2D eigenvalue weighted by molar-refractivity contribution is 5.96. The van der Waals surface area contributed by atoms with Crippen molar-refractivity contribution in [1.82, 2.24) is 0 Å². The summed E-state index contributed by atoms with van der Waals surface area (Å²) in [6, 6.07) is 34.1. The molecule has 0 aromatic heterocycles. The normalized spacial score (nSPS) is 13.9. The molecule has 8 heteroatoms. The van der Waals surface area contributed by atoms with Crippen LogP contribution in [0.4, 0.5) is 0 Å². The van der Waals surface area contributed by atoms with Gasteiger partial charge in [-0.15, -0.1) is 0 Å². The van der Waals surface area contributed by atoms with Gasteiger partial charge in [-0.25, -0.2) is 0 Å². The highest BCUT2D eigenvalue weighted by Gasteiger charge is 2.32. The molecule has 0 aliphatic carbocycles. The fourth-order valence-corrected chi connectivity index (χ4v) is 6.40. The van der Waals surface area contributed by atoms with Crippen molar-refractivity contribution < 1.29 is 39.0 Å². The standard InChI is InChI=1S/C44H38O8/c1-3-34(13-4-28(2)45)48-22-24-50-36-16-18-38-30(26-36)7-20-40-43(38)42(29-5-9-32(46)10-6-29)44-39-19-17-37(27-31(39)8-21-41(44)52-40)51-25-23-49-35-14-11-33(47)12-15-35/h3-21,26-27,42,45-47H,1,22-25H2,2H3/b28-4+,34-13+. The number of hydrogen-bond acceptors (Lipinski definition) is 8. The Labute approximate surface area is 301 Å². The summed E-state index contributed by atoms with van der Waals surface area (Å²) in [4.78, 5) is 0. The van der Waals surface area contributed by atoms with Gasteiger partial charge >= 0.3 is 0 Å². The molecule has 8 nitrogen and oxygen atoms in total.